The second-order valence-corrected chi connectivity index (χ2v) is 4.39. The van der Waals surface area contributed by atoms with Gasteiger partial charge in [0.2, 0.25) is 0 Å². The first-order valence-electron chi connectivity index (χ1n) is 4.36. The van der Waals surface area contributed by atoms with Crippen LogP contribution < -0.4 is 5.73 Å². The lowest BCUT2D eigenvalue weighted by molar-refractivity contribution is -0.188. The number of alkyl halides is 3. The van der Waals surface area contributed by atoms with Crippen LogP contribution in [-0.2, 0) is 4.79 Å². The van der Waals surface area contributed by atoms with Crippen molar-refractivity contribution in [3.05, 3.63) is 0 Å². The molecule has 0 aliphatic carbocycles. The lowest BCUT2D eigenvalue weighted by Crippen LogP contribution is -2.32. The summed E-state index contributed by atoms with van der Waals surface area (Å²) in [5.41, 5.74) is 5.28. The van der Waals surface area contributed by atoms with E-state index in [9.17, 15) is 18.0 Å². The summed E-state index contributed by atoms with van der Waals surface area (Å²) in [6.45, 7) is 2.19. The molecule has 15 heavy (non-hydrogen) atoms. The van der Waals surface area contributed by atoms with E-state index in [0.29, 0.717) is 12.3 Å². The number of carboxylic acid groups (broad SMARTS) is 1. The minimum atomic E-state index is -4.68. The second-order valence-electron chi connectivity index (χ2n) is 3.31. The Bertz CT molecular complexity index is 211. The highest BCUT2D eigenvalue weighted by molar-refractivity contribution is 7.99. The van der Waals surface area contributed by atoms with Crippen LogP contribution in [-0.4, -0.2) is 35.3 Å². The molecule has 0 aromatic carbocycles. The van der Waals surface area contributed by atoms with Crippen molar-refractivity contribution >= 4 is 17.7 Å². The van der Waals surface area contributed by atoms with Gasteiger partial charge >= 0.3 is 12.1 Å². The molecule has 0 aliphatic heterocycles. The number of thioether (sulfide) groups is 1. The van der Waals surface area contributed by atoms with E-state index in [1.54, 1.807) is 6.92 Å². The smallest absolute Gasteiger partial charge is 0.403 e. The van der Waals surface area contributed by atoms with Crippen LogP contribution in [0.25, 0.3) is 0 Å². The van der Waals surface area contributed by atoms with Gasteiger partial charge in [0.05, 0.1) is 0 Å². The molecule has 2 unspecified atom stereocenters. The fraction of sp³-hybridized carbons (Fsp3) is 0.875. The number of halogens is 3. The van der Waals surface area contributed by atoms with Crippen LogP contribution in [0.2, 0.25) is 0 Å². The minimum Gasteiger partial charge on any atom is -0.481 e. The maximum Gasteiger partial charge on any atom is 0.403 e. The molecule has 3 nitrogen and oxygen atoms in total. The Morgan fingerprint density at radius 2 is 2.00 bits per heavy atom. The molecule has 0 radical (unpaired) electrons. The molecule has 0 amide bonds. The van der Waals surface area contributed by atoms with Crippen LogP contribution >= 0.6 is 11.8 Å². The third-order valence-corrected chi connectivity index (χ3v) is 3.16. The summed E-state index contributed by atoms with van der Waals surface area (Å²) in [6.07, 6.45) is -4.68. The maximum atomic E-state index is 12.2. The summed E-state index contributed by atoms with van der Waals surface area (Å²) in [7, 11) is 0. The summed E-state index contributed by atoms with van der Waals surface area (Å²) in [6, 6.07) is 0. The van der Waals surface area contributed by atoms with Gasteiger partial charge in [-0.2, -0.15) is 24.9 Å². The van der Waals surface area contributed by atoms with Crippen molar-refractivity contribution in [2.75, 3.05) is 18.1 Å². The molecule has 7 heteroatoms. The molecule has 0 heterocycles. The summed E-state index contributed by atoms with van der Waals surface area (Å²) in [5, 5.41) is 8.37. The number of hydrogen-bond donors (Lipinski definition) is 2. The van der Waals surface area contributed by atoms with Gasteiger partial charge in [-0.05, 0) is 18.2 Å². The summed E-state index contributed by atoms with van der Waals surface area (Å²) >= 11 is 0.968. The average Bonchev–Trinajstić information content (AvgIpc) is 2.09. The molecule has 0 saturated heterocycles. The zero-order valence-electron chi connectivity index (χ0n) is 8.25. The van der Waals surface area contributed by atoms with Crippen LogP contribution in [0.1, 0.15) is 6.92 Å². The van der Waals surface area contributed by atoms with Gasteiger partial charge in [-0.15, -0.1) is 0 Å². The fourth-order valence-electron chi connectivity index (χ4n) is 0.761. The summed E-state index contributed by atoms with van der Waals surface area (Å²) in [4.78, 5) is 10.3. The Labute approximate surface area is 90.2 Å². The quantitative estimate of drug-likeness (QED) is 0.745. The van der Waals surface area contributed by atoms with E-state index in [1.165, 1.54) is 0 Å². The van der Waals surface area contributed by atoms with Crippen LogP contribution in [0.3, 0.4) is 0 Å². The van der Waals surface area contributed by atoms with E-state index in [1.807, 2.05) is 0 Å². The zero-order valence-corrected chi connectivity index (χ0v) is 9.07. The molecule has 3 N–H and O–H groups in total. The van der Waals surface area contributed by atoms with Crippen molar-refractivity contribution < 1.29 is 23.1 Å². The van der Waals surface area contributed by atoms with E-state index in [4.69, 9.17) is 10.8 Å². The third kappa shape index (κ3) is 5.88. The SMILES string of the molecule is CC(CN)CSCC(C(=O)O)C(F)(F)F. The van der Waals surface area contributed by atoms with Crippen LogP contribution in [0.4, 0.5) is 13.2 Å². The van der Waals surface area contributed by atoms with Gasteiger partial charge in [0, 0.05) is 5.75 Å². The lowest BCUT2D eigenvalue weighted by atomic mass is 10.2. The molecule has 0 aromatic heterocycles. The number of carbonyl (C=O) groups is 1. The van der Waals surface area contributed by atoms with Crippen molar-refractivity contribution in [2.24, 2.45) is 17.6 Å². The van der Waals surface area contributed by atoms with E-state index in [-0.39, 0.29) is 5.92 Å². The van der Waals surface area contributed by atoms with Crippen molar-refractivity contribution in [3.63, 3.8) is 0 Å². The monoisotopic (exact) mass is 245 g/mol. The van der Waals surface area contributed by atoms with E-state index in [0.717, 1.165) is 11.8 Å². The first-order chi connectivity index (χ1) is 6.79. The number of hydrogen-bond acceptors (Lipinski definition) is 3. The van der Waals surface area contributed by atoms with Crippen LogP contribution in [0, 0.1) is 11.8 Å². The Kier molecular flexibility index (Phi) is 6.04. The molecule has 0 aliphatic rings. The number of nitrogens with two attached hydrogens (primary N) is 1. The van der Waals surface area contributed by atoms with Crippen LogP contribution in [0.5, 0.6) is 0 Å². The van der Waals surface area contributed by atoms with Crippen molar-refractivity contribution in [1.82, 2.24) is 0 Å². The molecule has 0 spiro atoms. The Morgan fingerprint density at radius 3 is 2.33 bits per heavy atom. The number of rotatable bonds is 6. The van der Waals surface area contributed by atoms with Gasteiger partial charge in [-0.3, -0.25) is 4.79 Å². The normalized spacial score (nSPS) is 16.1. The predicted molar refractivity (Wildman–Crippen MR) is 52.7 cm³/mol. The third-order valence-electron chi connectivity index (χ3n) is 1.78. The van der Waals surface area contributed by atoms with Gasteiger partial charge in [0.1, 0.15) is 0 Å². The molecule has 0 fully saturated rings. The largest absolute Gasteiger partial charge is 0.481 e. The standard InChI is InChI=1S/C8H14F3NO2S/c1-5(2-12)3-15-4-6(7(13)14)8(9,10)11/h5-6H,2-4,12H2,1H3,(H,13,14). The maximum absolute atomic E-state index is 12.2. The first-order valence-corrected chi connectivity index (χ1v) is 5.51. The highest BCUT2D eigenvalue weighted by atomic mass is 32.2. The molecule has 0 rings (SSSR count). The lowest BCUT2D eigenvalue weighted by Gasteiger charge is -2.16. The van der Waals surface area contributed by atoms with Gasteiger partial charge in [-0.1, -0.05) is 6.92 Å². The van der Waals surface area contributed by atoms with Crippen LogP contribution in [0.15, 0.2) is 0 Å². The van der Waals surface area contributed by atoms with Gasteiger partial charge in [-0.25, -0.2) is 0 Å². The highest BCUT2D eigenvalue weighted by Gasteiger charge is 2.44. The van der Waals surface area contributed by atoms with Crippen molar-refractivity contribution in [2.45, 2.75) is 13.1 Å². The van der Waals surface area contributed by atoms with Gasteiger partial charge in [0.15, 0.2) is 5.92 Å². The first kappa shape index (κ1) is 14.6. The van der Waals surface area contributed by atoms with E-state index < -0.39 is 23.8 Å². The van der Waals surface area contributed by atoms with Gasteiger partial charge < -0.3 is 10.8 Å². The van der Waals surface area contributed by atoms with Crippen molar-refractivity contribution in [3.8, 4) is 0 Å². The number of carboxylic acids is 1. The van der Waals surface area contributed by atoms with E-state index in [2.05, 4.69) is 0 Å². The number of aliphatic carboxylic acids is 1. The summed E-state index contributed by atoms with van der Waals surface area (Å²) in [5.74, 6) is -4.03. The predicted octanol–water partition coefficient (Wildman–Crippen LogP) is 1.58. The Morgan fingerprint density at radius 1 is 1.47 bits per heavy atom. The molecule has 0 saturated carbocycles. The molecular formula is C8H14F3NO2S. The minimum absolute atomic E-state index is 0.0951. The Hall–Kier alpha value is -0.430. The molecular weight excluding hydrogens is 231 g/mol. The van der Waals surface area contributed by atoms with Gasteiger partial charge in [0.25, 0.3) is 0 Å². The second kappa shape index (κ2) is 6.22. The molecule has 0 bridgehead atoms. The van der Waals surface area contributed by atoms with Crippen molar-refractivity contribution in [1.29, 1.82) is 0 Å². The topological polar surface area (TPSA) is 63.3 Å². The fourth-order valence-corrected chi connectivity index (χ4v) is 2.00. The Balaban J connectivity index is 4.05. The molecule has 0 aromatic rings. The molecule has 90 valence electrons. The average molecular weight is 245 g/mol. The highest BCUT2D eigenvalue weighted by Crippen LogP contribution is 2.29. The molecule has 2 atom stereocenters. The summed E-state index contributed by atoms with van der Waals surface area (Å²) < 4.78 is 36.5. The van der Waals surface area contributed by atoms with E-state index >= 15 is 0 Å². The zero-order chi connectivity index (χ0) is 12.1.